The monoisotopic (exact) mass is 260 g/mol. The van der Waals surface area contributed by atoms with Gasteiger partial charge in [-0.15, -0.1) is 5.10 Å². The minimum Gasteiger partial charge on any atom is -0.342 e. The van der Waals surface area contributed by atoms with Gasteiger partial charge in [0.1, 0.15) is 12.1 Å². The number of fused-ring (bicyclic) bond motifs is 1. The number of carbonyl (C=O) groups is 1. The Morgan fingerprint density at radius 1 is 1.21 bits per heavy atom. The normalized spacial score (nSPS) is 10.9. The molecule has 0 fully saturated rings. The second-order valence-electron chi connectivity index (χ2n) is 4.74. The quantitative estimate of drug-likeness (QED) is 0.844. The fourth-order valence-electron chi connectivity index (χ4n) is 2.14. The van der Waals surface area contributed by atoms with Crippen LogP contribution in [0.1, 0.15) is 25.0 Å². The van der Waals surface area contributed by atoms with Crippen LogP contribution in [0.15, 0.2) is 12.1 Å². The van der Waals surface area contributed by atoms with E-state index < -0.39 is 0 Å². The van der Waals surface area contributed by atoms with Crippen molar-refractivity contribution >= 4 is 16.9 Å². The van der Waals surface area contributed by atoms with Gasteiger partial charge in [-0.05, 0) is 51.0 Å². The molecular formula is C14H20N4O. The average molecular weight is 260 g/mol. The van der Waals surface area contributed by atoms with Gasteiger partial charge in [0, 0.05) is 13.1 Å². The maximum absolute atomic E-state index is 12.1. The summed E-state index contributed by atoms with van der Waals surface area (Å²) >= 11 is 0. The number of rotatable bonds is 4. The van der Waals surface area contributed by atoms with Crippen LogP contribution in [0, 0.1) is 13.8 Å². The third kappa shape index (κ3) is 2.59. The molecule has 5 heteroatoms. The van der Waals surface area contributed by atoms with E-state index >= 15 is 0 Å². The first-order valence-electron chi connectivity index (χ1n) is 6.65. The van der Waals surface area contributed by atoms with E-state index in [1.165, 1.54) is 11.1 Å². The van der Waals surface area contributed by atoms with E-state index in [1.54, 1.807) is 9.58 Å². The van der Waals surface area contributed by atoms with Crippen molar-refractivity contribution < 1.29 is 4.79 Å². The van der Waals surface area contributed by atoms with Crippen LogP contribution in [0.5, 0.6) is 0 Å². The lowest BCUT2D eigenvalue weighted by atomic mass is 10.1. The topological polar surface area (TPSA) is 51.0 Å². The van der Waals surface area contributed by atoms with Gasteiger partial charge in [0.15, 0.2) is 0 Å². The van der Waals surface area contributed by atoms with Crippen LogP contribution in [0.3, 0.4) is 0 Å². The van der Waals surface area contributed by atoms with Crippen LogP contribution < -0.4 is 0 Å². The number of benzene rings is 1. The number of aryl methyl sites for hydroxylation is 2. The van der Waals surface area contributed by atoms with Crippen molar-refractivity contribution in [3.8, 4) is 0 Å². The SMILES string of the molecule is CCN(CC)C(=O)Cn1nnc2cc(C)c(C)cc21. The van der Waals surface area contributed by atoms with Crippen molar-refractivity contribution in [2.75, 3.05) is 13.1 Å². The second-order valence-corrected chi connectivity index (χ2v) is 4.74. The van der Waals surface area contributed by atoms with Crippen LogP contribution >= 0.6 is 0 Å². The van der Waals surface area contributed by atoms with E-state index in [2.05, 4.69) is 24.2 Å². The molecule has 1 amide bonds. The van der Waals surface area contributed by atoms with Crippen LogP contribution in [-0.4, -0.2) is 38.9 Å². The Balaban J connectivity index is 2.31. The molecule has 0 unspecified atom stereocenters. The Hall–Kier alpha value is -1.91. The highest BCUT2D eigenvalue weighted by atomic mass is 16.2. The van der Waals surface area contributed by atoms with E-state index in [-0.39, 0.29) is 12.5 Å². The molecule has 0 radical (unpaired) electrons. The number of aromatic nitrogens is 3. The first kappa shape index (κ1) is 13.5. The molecule has 1 aromatic carbocycles. The molecule has 0 saturated heterocycles. The van der Waals surface area contributed by atoms with Crippen molar-refractivity contribution in [3.63, 3.8) is 0 Å². The molecule has 2 aromatic rings. The molecule has 0 aliphatic carbocycles. The first-order valence-corrected chi connectivity index (χ1v) is 6.65. The van der Waals surface area contributed by atoms with Crippen LogP contribution in [0.25, 0.3) is 11.0 Å². The number of nitrogens with zero attached hydrogens (tertiary/aromatic N) is 4. The lowest BCUT2D eigenvalue weighted by Crippen LogP contribution is -2.33. The summed E-state index contributed by atoms with van der Waals surface area (Å²) < 4.78 is 1.68. The van der Waals surface area contributed by atoms with Gasteiger partial charge in [-0.3, -0.25) is 4.79 Å². The molecular weight excluding hydrogens is 240 g/mol. The van der Waals surface area contributed by atoms with Gasteiger partial charge in [0.25, 0.3) is 0 Å². The number of amides is 1. The smallest absolute Gasteiger partial charge is 0.244 e. The van der Waals surface area contributed by atoms with Gasteiger partial charge in [-0.1, -0.05) is 5.21 Å². The predicted molar refractivity (Wildman–Crippen MR) is 74.9 cm³/mol. The van der Waals surface area contributed by atoms with E-state index in [4.69, 9.17) is 0 Å². The summed E-state index contributed by atoms with van der Waals surface area (Å²) in [5.41, 5.74) is 4.14. The summed E-state index contributed by atoms with van der Waals surface area (Å²) in [5.74, 6) is 0.0787. The summed E-state index contributed by atoms with van der Waals surface area (Å²) in [7, 11) is 0. The Morgan fingerprint density at radius 3 is 2.47 bits per heavy atom. The van der Waals surface area contributed by atoms with Gasteiger partial charge in [0.2, 0.25) is 5.91 Å². The van der Waals surface area contributed by atoms with Gasteiger partial charge in [-0.2, -0.15) is 0 Å². The molecule has 1 heterocycles. The maximum Gasteiger partial charge on any atom is 0.244 e. The minimum absolute atomic E-state index is 0.0787. The van der Waals surface area contributed by atoms with Gasteiger partial charge in [0.05, 0.1) is 5.52 Å². The van der Waals surface area contributed by atoms with Crippen LogP contribution in [0.2, 0.25) is 0 Å². The molecule has 0 aliphatic heterocycles. The Kier molecular flexibility index (Phi) is 3.83. The summed E-state index contributed by atoms with van der Waals surface area (Å²) in [5, 5.41) is 8.21. The molecule has 102 valence electrons. The van der Waals surface area contributed by atoms with Gasteiger partial charge in [-0.25, -0.2) is 4.68 Å². The second kappa shape index (κ2) is 5.38. The van der Waals surface area contributed by atoms with E-state index in [0.29, 0.717) is 0 Å². The van der Waals surface area contributed by atoms with Crippen LogP contribution in [-0.2, 0) is 11.3 Å². The largest absolute Gasteiger partial charge is 0.342 e. The van der Waals surface area contributed by atoms with E-state index in [9.17, 15) is 4.79 Å². The molecule has 0 aliphatic rings. The highest BCUT2D eigenvalue weighted by Gasteiger charge is 2.13. The molecule has 0 spiro atoms. The number of hydrogen-bond acceptors (Lipinski definition) is 3. The maximum atomic E-state index is 12.1. The molecule has 0 bridgehead atoms. The zero-order valence-corrected chi connectivity index (χ0v) is 12.0. The van der Waals surface area contributed by atoms with Crippen molar-refractivity contribution in [2.45, 2.75) is 34.2 Å². The van der Waals surface area contributed by atoms with Crippen molar-refractivity contribution in [3.05, 3.63) is 23.3 Å². The van der Waals surface area contributed by atoms with E-state index in [0.717, 1.165) is 24.1 Å². The zero-order chi connectivity index (χ0) is 14.0. The number of hydrogen-bond donors (Lipinski definition) is 0. The number of carbonyl (C=O) groups excluding carboxylic acids is 1. The van der Waals surface area contributed by atoms with Gasteiger partial charge >= 0.3 is 0 Å². The van der Waals surface area contributed by atoms with Crippen LogP contribution in [0.4, 0.5) is 0 Å². The molecule has 0 N–H and O–H groups in total. The fraction of sp³-hybridized carbons (Fsp3) is 0.500. The highest BCUT2D eigenvalue weighted by Crippen LogP contribution is 2.17. The first-order chi connectivity index (χ1) is 9.06. The zero-order valence-electron chi connectivity index (χ0n) is 12.0. The third-order valence-electron chi connectivity index (χ3n) is 3.53. The van der Waals surface area contributed by atoms with Gasteiger partial charge < -0.3 is 4.90 Å². The Morgan fingerprint density at radius 2 is 1.84 bits per heavy atom. The number of likely N-dealkylation sites (N-methyl/N-ethyl adjacent to an activating group) is 1. The molecule has 1 aromatic heterocycles. The summed E-state index contributed by atoms with van der Waals surface area (Å²) in [6.45, 7) is 9.76. The Labute approximate surface area is 113 Å². The minimum atomic E-state index is 0.0787. The fourth-order valence-corrected chi connectivity index (χ4v) is 2.14. The van der Waals surface area contributed by atoms with Crippen molar-refractivity contribution in [1.29, 1.82) is 0 Å². The highest BCUT2D eigenvalue weighted by molar-refractivity contribution is 5.80. The lowest BCUT2D eigenvalue weighted by molar-refractivity contribution is -0.131. The standard InChI is InChI=1S/C14H20N4O/c1-5-17(6-2)14(19)9-18-13-8-11(4)10(3)7-12(13)15-16-18/h7-8H,5-6,9H2,1-4H3. The summed E-state index contributed by atoms with van der Waals surface area (Å²) in [6.07, 6.45) is 0. The predicted octanol–water partition coefficient (Wildman–Crippen LogP) is 1.92. The molecule has 5 nitrogen and oxygen atoms in total. The summed E-state index contributed by atoms with van der Waals surface area (Å²) in [6, 6.07) is 4.05. The van der Waals surface area contributed by atoms with Crippen molar-refractivity contribution in [1.82, 2.24) is 19.9 Å². The summed E-state index contributed by atoms with van der Waals surface area (Å²) in [4.78, 5) is 13.9. The molecule has 2 rings (SSSR count). The molecule has 0 saturated carbocycles. The molecule has 0 atom stereocenters. The Bertz CT molecular complexity index is 599. The third-order valence-corrected chi connectivity index (χ3v) is 3.53. The average Bonchev–Trinajstić information content (AvgIpc) is 2.74. The van der Waals surface area contributed by atoms with Crippen molar-refractivity contribution in [2.24, 2.45) is 0 Å². The molecule has 19 heavy (non-hydrogen) atoms. The van der Waals surface area contributed by atoms with E-state index in [1.807, 2.05) is 26.0 Å². The lowest BCUT2D eigenvalue weighted by Gasteiger charge is -2.18.